The molecule has 1 N–H and O–H groups in total. The Labute approximate surface area is 223 Å². The van der Waals surface area contributed by atoms with E-state index in [0.717, 1.165) is 21.3 Å². The van der Waals surface area contributed by atoms with Crippen LogP contribution in [0.2, 0.25) is 5.02 Å². The van der Waals surface area contributed by atoms with Gasteiger partial charge in [0.2, 0.25) is 0 Å². The van der Waals surface area contributed by atoms with Crippen LogP contribution in [0.15, 0.2) is 58.1 Å². The smallest absolute Gasteiger partial charge is 0.425 e. The van der Waals surface area contributed by atoms with Crippen molar-refractivity contribution < 1.29 is 27.4 Å². The Morgan fingerprint density at radius 3 is 2.38 bits per heavy atom. The van der Waals surface area contributed by atoms with Crippen molar-refractivity contribution in [3.05, 3.63) is 80.0 Å². The van der Waals surface area contributed by atoms with E-state index in [1.807, 2.05) is 0 Å². The molecule has 0 amide bonds. The van der Waals surface area contributed by atoms with Crippen LogP contribution in [0.1, 0.15) is 18.9 Å². The lowest BCUT2D eigenvalue weighted by atomic mass is 10.2. The highest BCUT2D eigenvalue weighted by atomic mass is 35.5. The number of hydrogen-bond donors (Lipinski definition) is 1. The van der Waals surface area contributed by atoms with Crippen LogP contribution in [-0.2, 0) is 24.9 Å². The molecule has 4 aromatic rings. The van der Waals surface area contributed by atoms with Crippen molar-refractivity contribution in [2.75, 3.05) is 0 Å². The standard InChI is InChI=1S/C25H21ClF3N5O5/c1-14(30)10-17(35)13-34-22(36)20-21(32(2)24(34)37)31-23(33(20)12-15-6-8-16(26)9-7-15)38-18-4-3-5-19(11-18)39-25(27,28)29/h3-9,11,30H,10,12-13H2,1-2H3. The van der Waals surface area contributed by atoms with Crippen LogP contribution in [0.4, 0.5) is 13.2 Å². The molecule has 0 atom stereocenters. The lowest BCUT2D eigenvalue weighted by Gasteiger charge is -2.12. The topological polar surface area (TPSA) is 121 Å². The second-order valence-electron chi connectivity index (χ2n) is 8.63. The van der Waals surface area contributed by atoms with Crippen molar-refractivity contribution >= 4 is 34.3 Å². The molecule has 0 spiro atoms. The van der Waals surface area contributed by atoms with Gasteiger partial charge >= 0.3 is 18.1 Å². The molecular weight excluding hydrogens is 543 g/mol. The number of imidazole rings is 1. The lowest BCUT2D eigenvalue weighted by molar-refractivity contribution is -0.274. The van der Waals surface area contributed by atoms with Crippen molar-refractivity contribution in [2.45, 2.75) is 32.8 Å². The van der Waals surface area contributed by atoms with Gasteiger partial charge in [0.1, 0.15) is 11.5 Å². The minimum Gasteiger partial charge on any atom is -0.425 e. The first-order valence-electron chi connectivity index (χ1n) is 11.4. The summed E-state index contributed by atoms with van der Waals surface area (Å²) in [6, 6.07) is 11.2. The largest absolute Gasteiger partial charge is 0.573 e. The number of carbonyl (C=O) groups excluding carboxylic acids is 1. The zero-order chi connectivity index (χ0) is 28.5. The number of Topliss-reactive ketones (excluding diaryl/α,β-unsaturated/α-hetero) is 1. The molecule has 0 unspecified atom stereocenters. The number of alkyl halides is 3. The predicted molar refractivity (Wildman–Crippen MR) is 136 cm³/mol. The fourth-order valence-electron chi connectivity index (χ4n) is 3.86. The summed E-state index contributed by atoms with van der Waals surface area (Å²) in [5.74, 6) is -1.12. The molecular formula is C25H21ClF3N5O5. The molecule has 204 valence electrons. The molecule has 2 heterocycles. The molecule has 0 radical (unpaired) electrons. The van der Waals surface area contributed by atoms with Gasteiger partial charge in [0.15, 0.2) is 16.9 Å². The third kappa shape index (κ3) is 6.37. The number of ether oxygens (including phenoxy) is 2. The highest BCUT2D eigenvalue weighted by molar-refractivity contribution is 6.30. The number of halogens is 4. The fourth-order valence-corrected chi connectivity index (χ4v) is 3.98. The zero-order valence-electron chi connectivity index (χ0n) is 20.6. The van der Waals surface area contributed by atoms with E-state index in [1.54, 1.807) is 24.3 Å². The van der Waals surface area contributed by atoms with Crippen LogP contribution in [0.5, 0.6) is 17.5 Å². The third-order valence-electron chi connectivity index (χ3n) is 5.50. The van der Waals surface area contributed by atoms with E-state index in [-0.39, 0.29) is 41.6 Å². The number of aryl methyl sites for hydroxylation is 1. The Morgan fingerprint density at radius 2 is 1.74 bits per heavy atom. The normalized spacial score (nSPS) is 11.5. The monoisotopic (exact) mass is 563 g/mol. The van der Waals surface area contributed by atoms with E-state index < -0.39 is 35.7 Å². The van der Waals surface area contributed by atoms with Crippen LogP contribution >= 0.6 is 11.6 Å². The molecule has 0 saturated heterocycles. The minimum atomic E-state index is -4.92. The SMILES string of the molecule is CC(=N)CC(=O)Cn1c(=O)c2c(nc(Oc3cccc(OC(F)(F)F)c3)n2Cc2ccc(Cl)cc2)n(C)c1=O. The van der Waals surface area contributed by atoms with Gasteiger partial charge in [-0.25, -0.2) is 4.79 Å². The summed E-state index contributed by atoms with van der Waals surface area (Å²) in [7, 11) is 1.36. The van der Waals surface area contributed by atoms with Gasteiger partial charge in [0.05, 0.1) is 13.1 Å². The van der Waals surface area contributed by atoms with E-state index in [9.17, 15) is 27.6 Å². The molecule has 0 bridgehead atoms. The summed E-state index contributed by atoms with van der Waals surface area (Å²) >= 11 is 5.98. The first-order chi connectivity index (χ1) is 18.3. The van der Waals surface area contributed by atoms with Crippen LogP contribution in [0, 0.1) is 5.41 Å². The maximum absolute atomic E-state index is 13.5. The Morgan fingerprint density at radius 1 is 1.08 bits per heavy atom. The first-order valence-corrected chi connectivity index (χ1v) is 11.7. The Hall–Kier alpha value is -4.39. The molecule has 14 heteroatoms. The maximum atomic E-state index is 13.5. The van der Waals surface area contributed by atoms with Crippen molar-refractivity contribution in [1.29, 1.82) is 5.41 Å². The van der Waals surface area contributed by atoms with Gasteiger partial charge in [-0.2, -0.15) is 4.98 Å². The molecule has 10 nitrogen and oxygen atoms in total. The minimum absolute atomic E-state index is 0.00272. The van der Waals surface area contributed by atoms with Crippen molar-refractivity contribution in [3.63, 3.8) is 0 Å². The summed E-state index contributed by atoms with van der Waals surface area (Å²) in [6.07, 6.45) is -5.15. The molecule has 0 aliphatic heterocycles. The molecule has 0 aliphatic carbocycles. The number of carbonyl (C=O) groups is 1. The van der Waals surface area contributed by atoms with Gasteiger partial charge < -0.3 is 14.9 Å². The molecule has 39 heavy (non-hydrogen) atoms. The average molecular weight is 564 g/mol. The number of nitrogens with zero attached hydrogens (tertiary/aromatic N) is 4. The van der Waals surface area contributed by atoms with Gasteiger partial charge in [-0.15, -0.1) is 13.2 Å². The number of hydrogen-bond acceptors (Lipinski definition) is 7. The number of aromatic nitrogens is 4. The van der Waals surface area contributed by atoms with Crippen LogP contribution in [0.3, 0.4) is 0 Å². The molecule has 0 saturated carbocycles. The predicted octanol–water partition coefficient (Wildman–Crippen LogP) is 4.29. The number of benzene rings is 2. The van der Waals surface area contributed by atoms with Crippen LogP contribution < -0.4 is 20.7 Å². The Kier molecular flexibility index (Phi) is 7.63. The summed E-state index contributed by atoms with van der Waals surface area (Å²) < 4.78 is 51.0. The number of fused-ring (bicyclic) bond motifs is 1. The van der Waals surface area contributed by atoms with Crippen molar-refractivity contribution in [2.24, 2.45) is 7.05 Å². The van der Waals surface area contributed by atoms with Crippen LogP contribution in [-0.4, -0.2) is 36.5 Å². The summed E-state index contributed by atoms with van der Waals surface area (Å²) in [5.41, 5.74) is -1.05. The molecule has 4 rings (SSSR count). The second kappa shape index (κ2) is 10.8. The quantitative estimate of drug-likeness (QED) is 0.303. The summed E-state index contributed by atoms with van der Waals surface area (Å²) in [5, 5.41) is 7.99. The van der Waals surface area contributed by atoms with E-state index in [1.165, 1.54) is 30.7 Å². The third-order valence-corrected chi connectivity index (χ3v) is 5.75. The average Bonchev–Trinajstić information content (AvgIpc) is 3.18. The van der Waals surface area contributed by atoms with E-state index in [0.29, 0.717) is 10.6 Å². The molecule has 2 aromatic heterocycles. The summed E-state index contributed by atoms with van der Waals surface area (Å²) in [6.45, 7) is 0.876. The second-order valence-corrected chi connectivity index (χ2v) is 9.07. The van der Waals surface area contributed by atoms with Gasteiger partial charge in [-0.1, -0.05) is 29.8 Å². The Bertz CT molecular complexity index is 1690. The van der Waals surface area contributed by atoms with Crippen molar-refractivity contribution in [3.8, 4) is 17.5 Å². The van der Waals surface area contributed by atoms with Gasteiger partial charge in [0, 0.05) is 30.3 Å². The van der Waals surface area contributed by atoms with Crippen LogP contribution in [0.25, 0.3) is 11.2 Å². The Balaban J connectivity index is 1.87. The van der Waals surface area contributed by atoms with Gasteiger partial charge in [-0.05, 0) is 36.8 Å². The number of ketones is 1. The first kappa shape index (κ1) is 27.6. The van der Waals surface area contributed by atoms with Gasteiger partial charge in [0.25, 0.3) is 5.56 Å². The fraction of sp³-hybridized carbons (Fsp3) is 0.240. The highest BCUT2D eigenvalue weighted by Crippen LogP contribution is 2.30. The van der Waals surface area contributed by atoms with Gasteiger partial charge in [-0.3, -0.25) is 23.3 Å². The summed E-state index contributed by atoms with van der Waals surface area (Å²) in [4.78, 5) is 43.2. The van der Waals surface area contributed by atoms with Crippen molar-refractivity contribution in [1.82, 2.24) is 18.7 Å². The molecule has 0 aliphatic rings. The van der Waals surface area contributed by atoms with E-state index >= 15 is 0 Å². The molecule has 0 fully saturated rings. The highest BCUT2D eigenvalue weighted by Gasteiger charge is 2.31. The van der Waals surface area contributed by atoms with E-state index in [2.05, 4.69) is 9.72 Å². The molecule has 2 aromatic carbocycles. The lowest BCUT2D eigenvalue weighted by Crippen LogP contribution is -2.41. The van der Waals surface area contributed by atoms with E-state index in [4.69, 9.17) is 21.7 Å². The maximum Gasteiger partial charge on any atom is 0.573 e. The number of nitrogens with one attached hydrogen (secondary N) is 1. The zero-order valence-corrected chi connectivity index (χ0v) is 21.3. The number of rotatable bonds is 9.